The molecule has 0 radical (unpaired) electrons. The Balaban J connectivity index is 1.57. The van der Waals surface area contributed by atoms with E-state index in [0.29, 0.717) is 21.3 Å². The molecule has 1 N–H and O–H groups in total. The van der Waals surface area contributed by atoms with Gasteiger partial charge in [-0.15, -0.1) is 11.3 Å². The van der Waals surface area contributed by atoms with Crippen LogP contribution in [0.1, 0.15) is 16.1 Å². The van der Waals surface area contributed by atoms with Gasteiger partial charge in [-0.1, -0.05) is 29.8 Å². The van der Waals surface area contributed by atoms with Gasteiger partial charge in [0.2, 0.25) is 0 Å². The van der Waals surface area contributed by atoms with Gasteiger partial charge in [-0.2, -0.15) is 5.26 Å². The Labute approximate surface area is 164 Å². The van der Waals surface area contributed by atoms with E-state index in [1.165, 1.54) is 17.4 Å². The highest BCUT2D eigenvalue weighted by molar-refractivity contribution is 7.13. The number of nitrogens with one attached hydrogen (secondary N) is 1. The van der Waals surface area contributed by atoms with Gasteiger partial charge >= 0.3 is 5.97 Å². The largest absolute Gasteiger partial charge is 0.451 e. The van der Waals surface area contributed by atoms with Crippen molar-refractivity contribution in [2.45, 2.75) is 0 Å². The Morgan fingerprint density at radius 3 is 2.74 bits per heavy atom. The van der Waals surface area contributed by atoms with Gasteiger partial charge in [0.05, 0.1) is 11.6 Å². The quantitative estimate of drug-likeness (QED) is 0.653. The van der Waals surface area contributed by atoms with E-state index >= 15 is 0 Å². The zero-order valence-corrected chi connectivity index (χ0v) is 15.4. The maximum absolute atomic E-state index is 12.1. The topological polar surface area (TPSA) is 92.1 Å². The molecule has 0 atom stereocenters. The number of anilines is 1. The highest BCUT2D eigenvalue weighted by atomic mass is 35.5. The smallest absolute Gasteiger partial charge is 0.358 e. The number of esters is 1. The predicted octanol–water partition coefficient (Wildman–Crippen LogP) is 4.13. The molecule has 0 aliphatic carbocycles. The summed E-state index contributed by atoms with van der Waals surface area (Å²) in [6, 6.07) is 15.5. The van der Waals surface area contributed by atoms with Crippen LogP contribution in [0.25, 0.3) is 10.6 Å². The van der Waals surface area contributed by atoms with Crippen molar-refractivity contribution >= 4 is 40.5 Å². The van der Waals surface area contributed by atoms with E-state index in [2.05, 4.69) is 10.3 Å². The van der Waals surface area contributed by atoms with Crippen molar-refractivity contribution in [2.24, 2.45) is 0 Å². The molecule has 0 fully saturated rings. The molecule has 0 spiro atoms. The second-order valence-electron chi connectivity index (χ2n) is 5.36. The van der Waals surface area contributed by atoms with Crippen molar-refractivity contribution in [1.82, 2.24) is 4.98 Å². The highest BCUT2D eigenvalue weighted by Crippen LogP contribution is 2.25. The SMILES string of the molecule is N#Cc1cccc(NC(=O)COC(=O)c2csc(-c3ccc(Cl)cc3)n2)c1. The van der Waals surface area contributed by atoms with Crippen LogP contribution in [0.5, 0.6) is 0 Å². The Morgan fingerprint density at radius 1 is 1.22 bits per heavy atom. The van der Waals surface area contributed by atoms with Crippen LogP contribution < -0.4 is 5.32 Å². The lowest BCUT2D eigenvalue weighted by atomic mass is 10.2. The Kier molecular flexibility index (Phi) is 5.81. The van der Waals surface area contributed by atoms with Gasteiger partial charge in [0.25, 0.3) is 5.91 Å². The number of nitrogens with zero attached hydrogens (tertiary/aromatic N) is 2. The third-order valence-electron chi connectivity index (χ3n) is 3.41. The third kappa shape index (κ3) is 4.91. The summed E-state index contributed by atoms with van der Waals surface area (Å²) in [4.78, 5) is 28.2. The molecule has 27 heavy (non-hydrogen) atoms. The molecule has 8 heteroatoms. The number of nitriles is 1. The maximum atomic E-state index is 12.1. The Hall–Kier alpha value is -3.21. The standard InChI is InChI=1S/C19H12ClN3O3S/c20-14-6-4-13(5-7-14)18-23-16(11-27-18)19(25)26-10-17(24)22-15-3-1-2-12(8-15)9-21/h1-8,11H,10H2,(H,22,24). The number of rotatable bonds is 5. The van der Waals surface area contributed by atoms with Crippen LogP contribution in [0, 0.1) is 11.3 Å². The van der Waals surface area contributed by atoms with Gasteiger partial charge in [-0.3, -0.25) is 4.79 Å². The van der Waals surface area contributed by atoms with Crippen molar-refractivity contribution < 1.29 is 14.3 Å². The maximum Gasteiger partial charge on any atom is 0.358 e. The first-order valence-corrected chi connectivity index (χ1v) is 8.99. The highest BCUT2D eigenvalue weighted by Gasteiger charge is 2.15. The minimum Gasteiger partial charge on any atom is -0.451 e. The van der Waals surface area contributed by atoms with Crippen LogP contribution in [-0.2, 0) is 9.53 Å². The molecular formula is C19H12ClN3O3S. The number of thiazole rings is 1. The summed E-state index contributed by atoms with van der Waals surface area (Å²) in [5, 5.41) is 14.2. The van der Waals surface area contributed by atoms with Crippen molar-refractivity contribution in [2.75, 3.05) is 11.9 Å². The molecule has 0 aliphatic heterocycles. The molecule has 0 saturated carbocycles. The average Bonchev–Trinajstić information content (AvgIpc) is 3.17. The summed E-state index contributed by atoms with van der Waals surface area (Å²) in [7, 11) is 0. The van der Waals surface area contributed by atoms with Gasteiger partial charge < -0.3 is 10.1 Å². The van der Waals surface area contributed by atoms with Crippen molar-refractivity contribution in [3.8, 4) is 16.6 Å². The van der Waals surface area contributed by atoms with Gasteiger partial charge in [-0.05, 0) is 30.3 Å². The van der Waals surface area contributed by atoms with Crippen molar-refractivity contribution in [3.05, 3.63) is 70.2 Å². The number of benzene rings is 2. The summed E-state index contributed by atoms with van der Waals surface area (Å²) in [6.45, 7) is -0.455. The van der Waals surface area contributed by atoms with E-state index in [-0.39, 0.29) is 5.69 Å². The zero-order chi connectivity index (χ0) is 19.2. The second-order valence-corrected chi connectivity index (χ2v) is 6.66. The molecule has 0 bridgehead atoms. The summed E-state index contributed by atoms with van der Waals surface area (Å²) in [6.07, 6.45) is 0. The lowest BCUT2D eigenvalue weighted by Gasteiger charge is -2.06. The van der Waals surface area contributed by atoms with Crippen LogP contribution in [0.15, 0.2) is 53.9 Å². The summed E-state index contributed by atoms with van der Waals surface area (Å²) < 4.78 is 4.99. The number of carbonyl (C=O) groups is 2. The second kappa shape index (κ2) is 8.45. The van der Waals surface area contributed by atoms with Crippen molar-refractivity contribution in [1.29, 1.82) is 5.26 Å². The minimum atomic E-state index is -0.688. The van der Waals surface area contributed by atoms with E-state index in [4.69, 9.17) is 21.6 Å². The van der Waals surface area contributed by atoms with Crippen LogP contribution in [0.2, 0.25) is 5.02 Å². The molecule has 0 unspecified atom stereocenters. The first-order chi connectivity index (χ1) is 13.0. The molecule has 3 aromatic rings. The number of amides is 1. The molecule has 1 aromatic heterocycles. The lowest BCUT2D eigenvalue weighted by molar-refractivity contribution is -0.119. The fourth-order valence-electron chi connectivity index (χ4n) is 2.16. The summed E-state index contributed by atoms with van der Waals surface area (Å²) >= 11 is 7.15. The molecule has 134 valence electrons. The van der Waals surface area contributed by atoms with Gasteiger partial charge in [0.15, 0.2) is 12.3 Å². The van der Waals surface area contributed by atoms with Crippen LogP contribution in [0.3, 0.4) is 0 Å². The minimum absolute atomic E-state index is 0.129. The number of hydrogen-bond acceptors (Lipinski definition) is 6. The summed E-state index contributed by atoms with van der Waals surface area (Å²) in [5.41, 5.74) is 1.83. The molecule has 2 aromatic carbocycles. The van der Waals surface area contributed by atoms with Crippen LogP contribution in [0.4, 0.5) is 5.69 Å². The molecule has 6 nitrogen and oxygen atoms in total. The fourth-order valence-corrected chi connectivity index (χ4v) is 3.08. The number of ether oxygens (including phenoxy) is 1. The Morgan fingerprint density at radius 2 is 2.00 bits per heavy atom. The molecule has 1 heterocycles. The lowest BCUT2D eigenvalue weighted by Crippen LogP contribution is -2.21. The average molecular weight is 398 g/mol. The van der Waals surface area contributed by atoms with Gasteiger partial charge in [0.1, 0.15) is 5.01 Å². The monoisotopic (exact) mass is 397 g/mol. The Bertz CT molecular complexity index is 1030. The summed E-state index contributed by atoms with van der Waals surface area (Å²) in [5.74, 6) is -1.20. The number of hydrogen-bond donors (Lipinski definition) is 1. The molecule has 0 aliphatic rings. The van der Waals surface area contributed by atoms with Crippen LogP contribution in [-0.4, -0.2) is 23.5 Å². The molecule has 0 saturated heterocycles. The molecular weight excluding hydrogens is 386 g/mol. The van der Waals surface area contributed by atoms with E-state index in [9.17, 15) is 9.59 Å². The predicted molar refractivity (Wildman–Crippen MR) is 103 cm³/mol. The number of carbonyl (C=O) groups excluding carboxylic acids is 2. The van der Waals surface area contributed by atoms with E-state index in [1.807, 2.05) is 6.07 Å². The normalized spacial score (nSPS) is 10.1. The third-order valence-corrected chi connectivity index (χ3v) is 4.56. The van der Waals surface area contributed by atoms with E-state index in [1.54, 1.807) is 47.8 Å². The van der Waals surface area contributed by atoms with Gasteiger partial charge in [0, 0.05) is 21.7 Å². The first-order valence-electron chi connectivity index (χ1n) is 7.74. The van der Waals surface area contributed by atoms with E-state index in [0.717, 1.165) is 5.56 Å². The zero-order valence-electron chi connectivity index (χ0n) is 13.8. The molecule has 1 amide bonds. The first kappa shape index (κ1) is 18.6. The number of aromatic nitrogens is 1. The number of halogens is 1. The molecule has 3 rings (SSSR count). The van der Waals surface area contributed by atoms with Gasteiger partial charge in [-0.25, -0.2) is 9.78 Å². The fraction of sp³-hybridized carbons (Fsp3) is 0.0526. The van der Waals surface area contributed by atoms with E-state index < -0.39 is 18.5 Å². The van der Waals surface area contributed by atoms with Crippen molar-refractivity contribution in [3.63, 3.8) is 0 Å². The van der Waals surface area contributed by atoms with Crippen LogP contribution >= 0.6 is 22.9 Å².